The Bertz CT molecular complexity index is 2370. The first-order chi connectivity index (χ1) is 23.8. The van der Waals surface area contributed by atoms with Gasteiger partial charge in [-0.1, -0.05) is 133 Å². The van der Waals surface area contributed by atoms with E-state index in [9.17, 15) is 0 Å². The van der Waals surface area contributed by atoms with Crippen LogP contribution < -0.4 is 9.80 Å². The number of fused-ring (bicyclic) bond motifs is 6. The standard InChI is InChI=1S/C46H32N2/c1-3-17-35(18-4-1)47(45-31-33-15-7-9-21-39(33)41-23-11-13-25-43(41)45)37-27-29-38(30-28-37)48(36-19-5-2-6-20-36)46-32-34-16-8-10-22-40(34)42-24-12-14-26-44(42)46/h1-32H. The molecule has 0 N–H and O–H groups in total. The Hall–Kier alpha value is -6.38. The molecule has 9 aromatic rings. The summed E-state index contributed by atoms with van der Waals surface area (Å²) in [6, 6.07) is 69.9. The van der Waals surface area contributed by atoms with Crippen LogP contribution in [0.25, 0.3) is 43.1 Å². The lowest BCUT2D eigenvalue weighted by atomic mass is 9.98. The third-order valence-corrected chi connectivity index (χ3v) is 9.37. The second kappa shape index (κ2) is 11.8. The molecule has 0 spiro atoms. The molecule has 2 nitrogen and oxygen atoms in total. The highest BCUT2D eigenvalue weighted by Crippen LogP contribution is 2.45. The maximum absolute atomic E-state index is 2.39. The lowest BCUT2D eigenvalue weighted by Gasteiger charge is -2.30. The van der Waals surface area contributed by atoms with Gasteiger partial charge in [0.05, 0.1) is 11.4 Å². The van der Waals surface area contributed by atoms with Gasteiger partial charge in [-0.05, 0) is 93.0 Å². The topological polar surface area (TPSA) is 6.48 Å². The van der Waals surface area contributed by atoms with Crippen LogP contribution in [0.3, 0.4) is 0 Å². The summed E-state index contributed by atoms with van der Waals surface area (Å²) in [4.78, 5) is 4.77. The normalized spacial score (nSPS) is 11.3. The van der Waals surface area contributed by atoms with Crippen LogP contribution in [0, 0.1) is 0 Å². The van der Waals surface area contributed by atoms with Crippen molar-refractivity contribution in [2.45, 2.75) is 0 Å². The van der Waals surface area contributed by atoms with Crippen LogP contribution in [-0.2, 0) is 0 Å². The van der Waals surface area contributed by atoms with Gasteiger partial charge in [0.1, 0.15) is 0 Å². The van der Waals surface area contributed by atoms with Gasteiger partial charge in [-0.2, -0.15) is 0 Å². The van der Waals surface area contributed by atoms with E-state index < -0.39 is 0 Å². The summed E-state index contributed by atoms with van der Waals surface area (Å²) in [7, 11) is 0. The van der Waals surface area contributed by atoms with Crippen LogP contribution in [0.2, 0.25) is 0 Å². The van der Waals surface area contributed by atoms with Crippen LogP contribution in [0.15, 0.2) is 194 Å². The fourth-order valence-corrected chi connectivity index (χ4v) is 7.20. The van der Waals surface area contributed by atoms with Crippen molar-refractivity contribution in [2.75, 3.05) is 9.80 Å². The minimum Gasteiger partial charge on any atom is -0.310 e. The number of nitrogens with zero attached hydrogens (tertiary/aromatic N) is 2. The van der Waals surface area contributed by atoms with Gasteiger partial charge in [0.15, 0.2) is 0 Å². The average molecular weight is 613 g/mol. The molecule has 9 aromatic carbocycles. The lowest BCUT2D eigenvalue weighted by molar-refractivity contribution is 1.27. The van der Waals surface area contributed by atoms with Gasteiger partial charge >= 0.3 is 0 Å². The fourth-order valence-electron chi connectivity index (χ4n) is 7.20. The van der Waals surface area contributed by atoms with E-state index in [1.807, 2.05) is 0 Å². The van der Waals surface area contributed by atoms with Crippen LogP contribution in [0.1, 0.15) is 0 Å². The van der Waals surface area contributed by atoms with Gasteiger partial charge < -0.3 is 9.80 Å². The number of para-hydroxylation sites is 2. The molecule has 0 aliphatic heterocycles. The Kier molecular flexibility index (Phi) is 6.84. The number of hydrogen-bond donors (Lipinski definition) is 0. The molecule has 0 aliphatic rings. The zero-order valence-electron chi connectivity index (χ0n) is 26.4. The summed E-state index contributed by atoms with van der Waals surface area (Å²) < 4.78 is 0. The fraction of sp³-hybridized carbons (Fsp3) is 0. The average Bonchev–Trinajstić information content (AvgIpc) is 3.17. The van der Waals surface area contributed by atoms with Crippen molar-refractivity contribution in [3.05, 3.63) is 194 Å². The van der Waals surface area contributed by atoms with Crippen LogP contribution >= 0.6 is 0 Å². The minimum absolute atomic E-state index is 1.10. The highest BCUT2D eigenvalue weighted by molar-refractivity contribution is 6.16. The van der Waals surface area contributed by atoms with Crippen molar-refractivity contribution in [1.29, 1.82) is 0 Å². The third-order valence-electron chi connectivity index (χ3n) is 9.37. The highest BCUT2D eigenvalue weighted by atomic mass is 15.2. The Balaban J connectivity index is 1.24. The summed E-state index contributed by atoms with van der Waals surface area (Å²) >= 11 is 0. The third kappa shape index (κ3) is 4.74. The number of rotatable bonds is 6. The predicted molar refractivity (Wildman–Crippen MR) is 206 cm³/mol. The summed E-state index contributed by atoms with van der Waals surface area (Å²) in [5.74, 6) is 0. The smallest absolute Gasteiger partial charge is 0.0546 e. The molecule has 0 atom stereocenters. The molecule has 0 amide bonds. The molecule has 0 unspecified atom stereocenters. The van der Waals surface area contributed by atoms with E-state index in [2.05, 4.69) is 204 Å². The molecule has 9 rings (SSSR count). The van der Waals surface area contributed by atoms with Gasteiger partial charge in [0.25, 0.3) is 0 Å². The molecular formula is C46H32N2. The maximum Gasteiger partial charge on any atom is 0.0546 e. The summed E-state index contributed by atoms with van der Waals surface area (Å²) in [5, 5.41) is 9.92. The Labute approximate surface area is 280 Å². The minimum atomic E-state index is 1.10. The molecule has 0 heterocycles. The Morgan fingerprint density at radius 3 is 0.917 bits per heavy atom. The van der Waals surface area contributed by atoms with Crippen LogP contribution in [0.5, 0.6) is 0 Å². The zero-order chi connectivity index (χ0) is 31.9. The van der Waals surface area contributed by atoms with E-state index in [0.717, 1.165) is 34.1 Å². The first kappa shape index (κ1) is 27.9. The van der Waals surface area contributed by atoms with E-state index >= 15 is 0 Å². The Morgan fingerprint density at radius 2 is 0.521 bits per heavy atom. The second-order valence-electron chi connectivity index (χ2n) is 12.2. The predicted octanol–water partition coefficient (Wildman–Crippen LogP) is 13.2. The van der Waals surface area contributed by atoms with Gasteiger partial charge in [0, 0.05) is 33.5 Å². The summed E-state index contributed by atoms with van der Waals surface area (Å²) in [6.07, 6.45) is 0. The molecule has 0 radical (unpaired) electrons. The maximum atomic E-state index is 2.39. The largest absolute Gasteiger partial charge is 0.310 e. The molecule has 2 heteroatoms. The molecule has 0 saturated heterocycles. The summed E-state index contributed by atoms with van der Waals surface area (Å²) in [6.45, 7) is 0. The van der Waals surface area contributed by atoms with Crippen LogP contribution in [0.4, 0.5) is 34.1 Å². The molecule has 0 aliphatic carbocycles. The Morgan fingerprint density at radius 1 is 0.229 bits per heavy atom. The van der Waals surface area contributed by atoms with Gasteiger partial charge in [-0.25, -0.2) is 0 Å². The molecular weight excluding hydrogens is 581 g/mol. The number of benzene rings is 9. The second-order valence-corrected chi connectivity index (χ2v) is 12.2. The first-order valence-corrected chi connectivity index (χ1v) is 16.4. The van der Waals surface area contributed by atoms with Crippen molar-refractivity contribution in [3.8, 4) is 0 Å². The van der Waals surface area contributed by atoms with E-state index in [1.165, 1.54) is 43.1 Å². The van der Waals surface area contributed by atoms with Crippen molar-refractivity contribution in [2.24, 2.45) is 0 Å². The molecule has 0 aromatic heterocycles. The summed E-state index contributed by atoms with van der Waals surface area (Å²) in [5.41, 5.74) is 6.74. The zero-order valence-corrected chi connectivity index (χ0v) is 26.4. The molecule has 0 fully saturated rings. The highest BCUT2D eigenvalue weighted by Gasteiger charge is 2.20. The van der Waals surface area contributed by atoms with E-state index in [0.29, 0.717) is 0 Å². The van der Waals surface area contributed by atoms with Gasteiger partial charge in [-0.3, -0.25) is 0 Å². The van der Waals surface area contributed by atoms with Crippen LogP contribution in [-0.4, -0.2) is 0 Å². The van der Waals surface area contributed by atoms with Crippen molar-refractivity contribution >= 4 is 77.2 Å². The van der Waals surface area contributed by atoms with Crippen molar-refractivity contribution in [3.63, 3.8) is 0 Å². The number of anilines is 6. The van der Waals surface area contributed by atoms with E-state index in [1.54, 1.807) is 0 Å². The molecule has 226 valence electrons. The van der Waals surface area contributed by atoms with Gasteiger partial charge in [0.2, 0.25) is 0 Å². The molecule has 0 saturated carbocycles. The van der Waals surface area contributed by atoms with Gasteiger partial charge in [-0.15, -0.1) is 0 Å². The lowest BCUT2D eigenvalue weighted by Crippen LogP contribution is -2.13. The van der Waals surface area contributed by atoms with E-state index in [4.69, 9.17) is 0 Å². The molecule has 0 bridgehead atoms. The van der Waals surface area contributed by atoms with Crippen molar-refractivity contribution in [1.82, 2.24) is 0 Å². The monoisotopic (exact) mass is 612 g/mol. The van der Waals surface area contributed by atoms with Crippen molar-refractivity contribution < 1.29 is 0 Å². The SMILES string of the molecule is c1ccc(N(c2ccc(N(c3ccccc3)c3cc4ccccc4c4ccccc34)cc2)c2cc3ccccc3c3ccccc23)cc1. The van der Waals surface area contributed by atoms with E-state index in [-0.39, 0.29) is 0 Å². The molecule has 48 heavy (non-hydrogen) atoms. The first-order valence-electron chi connectivity index (χ1n) is 16.4. The number of hydrogen-bond acceptors (Lipinski definition) is 2. The quantitative estimate of drug-likeness (QED) is 0.172.